The summed E-state index contributed by atoms with van der Waals surface area (Å²) in [5, 5.41) is 4.04. The number of aryl methyl sites for hydroxylation is 1. The number of benzene rings is 4. The predicted molar refractivity (Wildman–Crippen MR) is 140 cm³/mol. The fourth-order valence-electron chi connectivity index (χ4n) is 3.38. The van der Waals surface area contributed by atoms with E-state index in [0.717, 1.165) is 28.0 Å². The SMILES string of the molecule is Cc1ccc(COc2ccc(/C=N/NC(=O)C(C)Oc3ccc(-c4ccccc4)cc3)cc2)cc1. The molecule has 176 valence electrons. The smallest absolute Gasteiger partial charge is 0.280 e. The van der Waals surface area contributed by atoms with Crippen molar-refractivity contribution >= 4 is 12.1 Å². The van der Waals surface area contributed by atoms with E-state index >= 15 is 0 Å². The van der Waals surface area contributed by atoms with Crippen molar-refractivity contribution in [3.05, 3.63) is 120 Å². The number of rotatable bonds is 9. The minimum atomic E-state index is -0.688. The van der Waals surface area contributed by atoms with Crippen molar-refractivity contribution < 1.29 is 14.3 Å². The van der Waals surface area contributed by atoms with Crippen LogP contribution in [0.3, 0.4) is 0 Å². The average molecular weight is 465 g/mol. The number of carbonyl (C=O) groups excluding carboxylic acids is 1. The molecule has 5 nitrogen and oxygen atoms in total. The molecule has 0 saturated carbocycles. The van der Waals surface area contributed by atoms with E-state index in [4.69, 9.17) is 9.47 Å². The van der Waals surface area contributed by atoms with E-state index in [1.165, 1.54) is 5.56 Å². The van der Waals surface area contributed by atoms with Gasteiger partial charge in [-0.15, -0.1) is 0 Å². The van der Waals surface area contributed by atoms with E-state index in [-0.39, 0.29) is 5.91 Å². The molecule has 1 atom stereocenters. The topological polar surface area (TPSA) is 59.9 Å². The van der Waals surface area contributed by atoms with Gasteiger partial charge in [0.25, 0.3) is 5.91 Å². The van der Waals surface area contributed by atoms with Crippen LogP contribution >= 0.6 is 0 Å². The number of hydrazone groups is 1. The summed E-state index contributed by atoms with van der Waals surface area (Å²) in [6, 6.07) is 33.5. The Hall–Kier alpha value is -4.38. The lowest BCUT2D eigenvalue weighted by atomic mass is 10.1. The Kier molecular flexibility index (Phi) is 7.92. The van der Waals surface area contributed by atoms with Gasteiger partial charge in [-0.2, -0.15) is 5.10 Å². The van der Waals surface area contributed by atoms with Crippen LogP contribution in [-0.4, -0.2) is 18.2 Å². The molecule has 0 aliphatic carbocycles. The summed E-state index contributed by atoms with van der Waals surface area (Å²) < 4.78 is 11.6. The molecule has 0 saturated heterocycles. The maximum atomic E-state index is 12.4. The minimum Gasteiger partial charge on any atom is -0.489 e. The Morgan fingerprint density at radius 2 is 1.46 bits per heavy atom. The Balaban J connectivity index is 1.23. The molecule has 0 aromatic heterocycles. The largest absolute Gasteiger partial charge is 0.489 e. The molecular formula is C30H28N2O3. The number of amides is 1. The van der Waals surface area contributed by atoms with Crippen LogP contribution in [0, 0.1) is 6.92 Å². The van der Waals surface area contributed by atoms with Gasteiger partial charge in [0.1, 0.15) is 18.1 Å². The number of hydrogen-bond acceptors (Lipinski definition) is 4. The van der Waals surface area contributed by atoms with Gasteiger partial charge < -0.3 is 9.47 Å². The minimum absolute atomic E-state index is 0.327. The predicted octanol–water partition coefficient (Wildman–Crippen LogP) is 6.16. The first-order valence-corrected chi connectivity index (χ1v) is 11.5. The fourth-order valence-corrected chi connectivity index (χ4v) is 3.38. The Morgan fingerprint density at radius 1 is 0.829 bits per heavy atom. The van der Waals surface area contributed by atoms with Gasteiger partial charge in [-0.1, -0.05) is 72.3 Å². The normalized spacial score (nSPS) is 11.7. The van der Waals surface area contributed by atoms with Gasteiger partial charge in [-0.3, -0.25) is 4.79 Å². The summed E-state index contributed by atoms with van der Waals surface area (Å²) in [6.45, 7) is 4.26. The fraction of sp³-hybridized carbons (Fsp3) is 0.133. The molecule has 0 bridgehead atoms. The lowest BCUT2D eigenvalue weighted by Crippen LogP contribution is -2.33. The lowest BCUT2D eigenvalue weighted by molar-refractivity contribution is -0.127. The summed E-state index contributed by atoms with van der Waals surface area (Å²) in [6.07, 6.45) is 0.899. The van der Waals surface area contributed by atoms with Crippen LogP contribution in [0.5, 0.6) is 11.5 Å². The van der Waals surface area contributed by atoms with Crippen molar-refractivity contribution in [1.82, 2.24) is 5.43 Å². The molecule has 4 aromatic rings. The highest BCUT2D eigenvalue weighted by molar-refractivity contribution is 5.84. The standard InChI is InChI=1S/C30H28N2O3/c1-22-8-10-25(11-9-22)21-34-28-16-12-24(13-17-28)20-31-32-30(33)23(2)35-29-18-14-27(15-19-29)26-6-4-3-5-7-26/h3-20,23H,21H2,1-2H3,(H,32,33)/b31-20+. The molecule has 0 fully saturated rings. The summed E-state index contributed by atoms with van der Waals surface area (Å²) in [5.74, 6) is 1.07. The number of hydrogen-bond donors (Lipinski definition) is 1. The zero-order chi connectivity index (χ0) is 24.5. The van der Waals surface area contributed by atoms with Gasteiger partial charge in [0, 0.05) is 0 Å². The van der Waals surface area contributed by atoms with Crippen molar-refractivity contribution in [2.75, 3.05) is 0 Å². The van der Waals surface area contributed by atoms with Crippen molar-refractivity contribution in [2.24, 2.45) is 5.10 Å². The number of nitrogens with zero attached hydrogens (tertiary/aromatic N) is 1. The second-order valence-corrected chi connectivity index (χ2v) is 8.23. The van der Waals surface area contributed by atoms with E-state index in [1.807, 2.05) is 66.7 Å². The Morgan fingerprint density at radius 3 is 2.14 bits per heavy atom. The first-order valence-electron chi connectivity index (χ1n) is 11.5. The van der Waals surface area contributed by atoms with E-state index in [9.17, 15) is 4.79 Å². The monoisotopic (exact) mass is 464 g/mol. The van der Waals surface area contributed by atoms with Crippen LogP contribution < -0.4 is 14.9 Å². The van der Waals surface area contributed by atoms with Crippen molar-refractivity contribution in [1.29, 1.82) is 0 Å². The molecule has 0 heterocycles. The molecular weight excluding hydrogens is 436 g/mol. The van der Waals surface area contributed by atoms with Gasteiger partial charge in [0.15, 0.2) is 6.10 Å². The van der Waals surface area contributed by atoms with Crippen molar-refractivity contribution in [3.63, 3.8) is 0 Å². The average Bonchev–Trinajstić information content (AvgIpc) is 2.90. The van der Waals surface area contributed by atoms with E-state index in [2.05, 4.69) is 53.8 Å². The molecule has 5 heteroatoms. The van der Waals surface area contributed by atoms with Crippen LogP contribution in [0.25, 0.3) is 11.1 Å². The highest BCUT2D eigenvalue weighted by Crippen LogP contribution is 2.22. The van der Waals surface area contributed by atoms with Crippen LogP contribution in [0.15, 0.2) is 108 Å². The van der Waals surface area contributed by atoms with Gasteiger partial charge in [0.05, 0.1) is 6.21 Å². The summed E-state index contributed by atoms with van der Waals surface area (Å²) >= 11 is 0. The first kappa shape index (κ1) is 23.8. The Labute approximate surface area is 206 Å². The molecule has 1 amide bonds. The van der Waals surface area contributed by atoms with Gasteiger partial charge in [0.2, 0.25) is 0 Å². The van der Waals surface area contributed by atoms with Crippen LogP contribution in [0.2, 0.25) is 0 Å². The second kappa shape index (κ2) is 11.7. The lowest BCUT2D eigenvalue weighted by Gasteiger charge is -2.13. The molecule has 4 rings (SSSR count). The first-order chi connectivity index (χ1) is 17.1. The summed E-state index contributed by atoms with van der Waals surface area (Å²) in [4.78, 5) is 12.4. The van der Waals surface area contributed by atoms with Crippen molar-refractivity contribution in [3.8, 4) is 22.6 Å². The van der Waals surface area contributed by atoms with Gasteiger partial charge >= 0.3 is 0 Å². The molecule has 1 unspecified atom stereocenters. The maximum Gasteiger partial charge on any atom is 0.280 e. The quantitative estimate of drug-likeness (QED) is 0.238. The maximum absolute atomic E-state index is 12.4. The van der Waals surface area contributed by atoms with E-state index < -0.39 is 6.10 Å². The molecule has 35 heavy (non-hydrogen) atoms. The van der Waals surface area contributed by atoms with Gasteiger partial charge in [-0.05, 0) is 72.5 Å². The Bertz CT molecular complexity index is 1250. The summed E-state index contributed by atoms with van der Waals surface area (Å²) in [5.41, 5.74) is 7.94. The van der Waals surface area contributed by atoms with E-state index in [0.29, 0.717) is 12.4 Å². The number of carbonyl (C=O) groups is 1. The highest BCUT2D eigenvalue weighted by atomic mass is 16.5. The van der Waals surface area contributed by atoms with Crippen LogP contribution in [-0.2, 0) is 11.4 Å². The van der Waals surface area contributed by atoms with Gasteiger partial charge in [-0.25, -0.2) is 5.43 Å². The molecule has 0 radical (unpaired) electrons. The number of ether oxygens (including phenoxy) is 2. The third-order valence-electron chi connectivity index (χ3n) is 5.44. The zero-order valence-corrected chi connectivity index (χ0v) is 19.8. The molecule has 0 aliphatic rings. The molecule has 0 spiro atoms. The van der Waals surface area contributed by atoms with E-state index in [1.54, 1.807) is 13.1 Å². The summed E-state index contributed by atoms with van der Waals surface area (Å²) in [7, 11) is 0. The zero-order valence-electron chi connectivity index (χ0n) is 19.8. The third-order valence-corrected chi connectivity index (χ3v) is 5.44. The second-order valence-electron chi connectivity index (χ2n) is 8.23. The number of nitrogens with one attached hydrogen (secondary N) is 1. The highest BCUT2D eigenvalue weighted by Gasteiger charge is 2.14. The van der Waals surface area contributed by atoms with Crippen LogP contribution in [0.1, 0.15) is 23.6 Å². The molecule has 1 N–H and O–H groups in total. The van der Waals surface area contributed by atoms with Crippen molar-refractivity contribution in [2.45, 2.75) is 26.6 Å². The molecule has 0 aliphatic heterocycles. The molecule has 4 aromatic carbocycles. The third kappa shape index (κ3) is 7.05. The van der Waals surface area contributed by atoms with Crippen LogP contribution in [0.4, 0.5) is 0 Å².